The monoisotopic (exact) mass is 265 g/mol. The molecule has 1 aliphatic rings. The van der Waals surface area contributed by atoms with Gasteiger partial charge in [-0.25, -0.2) is 0 Å². The van der Waals surface area contributed by atoms with Crippen LogP contribution in [0.25, 0.3) is 0 Å². The molecule has 76 valence electrons. The number of ketones is 1. The second-order valence-corrected chi connectivity index (χ2v) is 5.03. The number of carbonyl (C=O) groups excluding carboxylic acids is 1. The molecule has 0 aromatic heterocycles. The van der Waals surface area contributed by atoms with Gasteiger partial charge in [0.05, 0.1) is 5.33 Å². The molecule has 2 nitrogen and oxygen atoms in total. The first kappa shape index (κ1) is 11.6. The van der Waals surface area contributed by atoms with Crippen LogP contribution in [0.3, 0.4) is 0 Å². The van der Waals surface area contributed by atoms with Gasteiger partial charge in [-0.1, -0.05) is 31.1 Å². The van der Waals surface area contributed by atoms with Gasteiger partial charge in [-0.05, 0) is 19.5 Å². The maximum absolute atomic E-state index is 11.3. The first-order valence-electron chi connectivity index (χ1n) is 4.79. The number of hydrogen-bond donors (Lipinski definition) is 0. The van der Waals surface area contributed by atoms with Gasteiger partial charge >= 0.3 is 0 Å². The molecule has 1 rings (SSSR count). The van der Waals surface area contributed by atoms with Crippen molar-refractivity contribution in [1.82, 2.24) is 4.67 Å². The summed E-state index contributed by atoms with van der Waals surface area (Å²) in [6, 6.07) is 0.530. The summed E-state index contributed by atoms with van der Waals surface area (Å²) < 4.78 is 2.46. The van der Waals surface area contributed by atoms with E-state index < -0.39 is 0 Å². The third kappa shape index (κ3) is 3.65. The van der Waals surface area contributed by atoms with Crippen LogP contribution in [0.4, 0.5) is 0 Å². The van der Waals surface area contributed by atoms with E-state index in [2.05, 4.69) is 27.3 Å². The smallest absolute Gasteiger partial charge is 0.144 e. The maximum Gasteiger partial charge on any atom is 0.144 e. The van der Waals surface area contributed by atoms with Crippen molar-refractivity contribution in [2.45, 2.75) is 31.7 Å². The molecule has 0 spiro atoms. The summed E-state index contributed by atoms with van der Waals surface area (Å²) in [5.41, 5.74) is 0. The fourth-order valence-electron chi connectivity index (χ4n) is 1.82. The van der Waals surface area contributed by atoms with Crippen LogP contribution < -0.4 is 0 Å². The number of hydrogen-bond acceptors (Lipinski definition) is 2. The van der Waals surface area contributed by atoms with Gasteiger partial charge in [0.2, 0.25) is 0 Å². The zero-order chi connectivity index (χ0) is 9.68. The average molecular weight is 266 g/mol. The average Bonchev–Trinajstić information content (AvgIpc) is 2.18. The Morgan fingerprint density at radius 3 is 3.00 bits per heavy atom. The third-order valence-electron chi connectivity index (χ3n) is 2.53. The minimum Gasteiger partial charge on any atom is -0.299 e. The molecule has 0 radical (unpaired) electrons. The fraction of sp³-hybridized carbons (Fsp3) is 0.889. The number of rotatable bonds is 4. The lowest BCUT2D eigenvalue weighted by atomic mass is 10.0. The summed E-state index contributed by atoms with van der Waals surface area (Å²) in [6.45, 7) is 3.39. The van der Waals surface area contributed by atoms with E-state index in [1.54, 1.807) is 0 Å². The van der Waals surface area contributed by atoms with Crippen molar-refractivity contribution in [2.75, 3.05) is 18.5 Å². The number of carbonyl (C=O) groups is 1. The van der Waals surface area contributed by atoms with Crippen molar-refractivity contribution in [3.8, 4) is 0 Å². The molecule has 1 saturated heterocycles. The van der Waals surface area contributed by atoms with E-state index >= 15 is 0 Å². The van der Waals surface area contributed by atoms with Crippen LogP contribution in [-0.4, -0.2) is 35.0 Å². The number of nitrogens with zero attached hydrogens (tertiary/aromatic N) is 1. The molecule has 4 heteroatoms. The zero-order valence-electron chi connectivity index (χ0n) is 8.05. The van der Waals surface area contributed by atoms with Crippen LogP contribution in [0.2, 0.25) is 0 Å². The van der Waals surface area contributed by atoms with Crippen LogP contribution in [0.5, 0.6) is 0 Å². The summed E-state index contributed by atoms with van der Waals surface area (Å²) in [5.74, 6) is 0.343. The van der Waals surface area contributed by atoms with Crippen LogP contribution in [0.15, 0.2) is 0 Å². The predicted molar refractivity (Wildman–Crippen MR) is 62.0 cm³/mol. The van der Waals surface area contributed by atoms with E-state index in [0.717, 1.165) is 15.2 Å². The largest absolute Gasteiger partial charge is 0.299 e. The Balaban J connectivity index is 2.40. The highest BCUT2D eigenvalue weighted by Crippen LogP contribution is 2.28. The van der Waals surface area contributed by atoms with E-state index in [9.17, 15) is 4.79 Å². The van der Waals surface area contributed by atoms with Crippen LogP contribution in [0.1, 0.15) is 25.7 Å². The van der Waals surface area contributed by atoms with Gasteiger partial charge < -0.3 is 0 Å². The second-order valence-electron chi connectivity index (χ2n) is 3.44. The van der Waals surface area contributed by atoms with E-state index in [-0.39, 0.29) is 0 Å². The van der Waals surface area contributed by atoms with Gasteiger partial charge in [-0.2, -0.15) is 0 Å². The summed E-state index contributed by atoms with van der Waals surface area (Å²) in [4.78, 5) is 11.3. The van der Waals surface area contributed by atoms with Crippen LogP contribution >= 0.6 is 24.7 Å². The number of piperidine rings is 1. The lowest BCUT2D eigenvalue weighted by Gasteiger charge is -2.34. The minimum absolute atomic E-state index is 0.343. The molecule has 0 aliphatic carbocycles. The second kappa shape index (κ2) is 6.10. The van der Waals surface area contributed by atoms with Crippen molar-refractivity contribution in [3.05, 3.63) is 0 Å². The summed E-state index contributed by atoms with van der Waals surface area (Å²) in [7, 11) is 0.854. The maximum atomic E-state index is 11.3. The quantitative estimate of drug-likeness (QED) is 0.575. The fourth-order valence-corrected chi connectivity index (χ4v) is 3.02. The first-order chi connectivity index (χ1) is 6.27. The molecule has 0 aromatic carbocycles. The lowest BCUT2D eigenvalue weighted by molar-refractivity contribution is -0.117. The molecule has 0 N–H and O–H groups in total. The van der Waals surface area contributed by atoms with Crippen LogP contribution in [0, 0.1) is 0 Å². The van der Waals surface area contributed by atoms with Gasteiger partial charge in [-0.3, -0.25) is 9.46 Å². The van der Waals surface area contributed by atoms with E-state index in [1.807, 2.05) is 0 Å². The molecule has 2 unspecified atom stereocenters. The van der Waals surface area contributed by atoms with Gasteiger partial charge in [-0.15, -0.1) is 0 Å². The first-order valence-corrected chi connectivity index (χ1v) is 7.36. The molecule has 2 atom stereocenters. The minimum atomic E-state index is 0.343. The Kier molecular flexibility index (Phi) is 5.45. The highest BCUT2D eigenvalue weighted by molar-refractivity contribution is 9.09. The van der Waals surface area contributed by atoms with Gasteiger partial charge in [0, 0.05) is 19.0 Å². The van der Waals surface area contributed by atoms with E-state index in [0.29, 0.717) is 17.2 Å². The van der Waals surface area contributed by atoms with Crippen molar-refractivity contribution >= 4 is 30.4 Å². The van der Waals surface area contributed by atoms with Crippen LogP contribution in [-0.2, 0) is 4.79 Å². The molecule has 1 fully saturated rings. The summed E-state index contributed by atoms with van der Waals surface area (Å²) in [6.07, 6.45) is 4.55. The normalized spacial score (nSPS) is 25.5. The number of Topliss-reactive ketones (excluding diaryl/α,β-unsaturated/α-hetero) is 1. The molecular formula is C9H17BrNOP. The Hall–Kier alpha value is 0.540. The number of alkyl halides is 1. The third-order valence-corrected chi connectivity index (χ3v) is 4.32. The topological polar surface area (TPSA) is 20.3 Å². The van der Waals surface area contributed by atoms with Gasteiger partial charge in [0.15, 0.2) is 0 Å². The Morgan fingerprint density at radius 1 is 1.62 bits per heavy atom. The van der Waals surface area contributed by atoms with Crippen molar-refractivity contribution in [2.24, 2.45) is 0 Å². The molecule has 0 aromatic rings. The highest BCUT2D eigenvalue weighted by atomic mass is 79.9. The van der Waals surface area contributed by atoms with Crippen molar-refractivity contribution in [1.29, 1.82) is 0 Å². The van der Waals surface area contributed by atoms with Crippen molar-refractivity contribution < 1.29 is 4.79 Å². The van der Waals surface area contributed by atoms with Gasteiger partial charge in [0.1, 0.15) is 5.78 Å². The highest BCUT2D eigenvalue weighted by Gasteiger charge is 2.22. The van der Waals surface area contributed by atoms with Crippen molar-refractivity contribution in [3.63, 3.8) is 0 Å². The molecule has 0 amide bonds. The Labute approximate surface area is 90.4 Å². The summed E-state index contributed by atoms with van der Waals surface area (Å²) >= 11 is 3.22. The Morgan fingerprint density at radius 2 is 2.38 bits per heavy atom. The standard InChI is InChI=1S/C9H17BrNOP/c1-13-11-5-3-2-4-8(11)6-9(12)7-10/h8,13H,2-7H2,1H3. The number of halogens is 1. The molecule has 1 heterocycles. The zero-order valence-corrected chi connectivity index (χ0v) is 10.6. The molecule has 1 aliphatic heterocycles. The molecular weight excluding hydrogens is 249 g/mol. The van der Waals surface area contributed by atoms with E-state index in [1.165, 1.54) is 25.8 Å². The predicted octanol–water partition coefficient (Wildman–Crippen LogP) is 2.42. The SMILES string of the molecule is CPN1CCCCC1CC(=O)CBr. The molecule has 13 heavy (non-hydrogen) atoms. The Bertz CT molecular complexity index is 177. The van der Waals surface area contributed by atoms with E-state index in [4.69, 9.17) is 0 Å². The summed E-state index contributed by atoms with van der Waals surface area (Å²) in [5, 5.41) is 0.518. The molecule has 0 saturated carbocycles. The lowest BCUT2D eigenvalue weighted by Crippen LogP contribution is -2.35. The van der Waals surface area contributed by atoms with Gasteiger partial charge in [0.25, 0.3) is 0 Å². The molecule has 0 bridgehead atoms.